The molecule has 0 bridgehead atoms. The fraction of sp³-hybridized carbons (Fsp3) is 0.231. The van der Waals surface area contributed by atoms with Crippen LogP contribution in [-0.2, 0) is 24.6 Å². The fourth-order valence-corrected chi connectivity index (χ4v) is 9.21. The Morgan fingerprint density at radius 1 is 0.824 bits per heavy atom. The Morgan fingerprint density at radius 2 is 1.53 bits per heavy atom. The van der Waals surface area contributed by atoms with E-state index in [1.807, 2.05) is 13.0 Å². The van der Waals surface area contributed by atoms with Crippen LogP contribution in [0, 0.1) is 36.4 Å². The molecule has 258 valence electrons. The Morgan fingerprint density at radius 3 is 2.24 bits per heavy atom. The SMILES string of the molecule is Cc1ccc(N2C(=O)C3CC=C4C(CC5C(=O)N(Nc6ccc(F)cc6)C(=O)C5(c5ccc(Cl)cc5)C4c4cc(Cl)ccc4O)C3C2=O)cc1Cl. The van der Waals surface area contributed by atoms with Gasteiger partial charge in [0, 0.05) is 26.5 Å². The Hall–Kier alpha value is -4.70. The number of fused-ring (bicyclic) bond motifs is 4. The van der Waals surface area contributed by atoms with Crippen molar-refractivity contribution in [1.82, 2.24) is 5.01 Å². The topological polar surface area (TPSA) is 107 Å². The maximum Gasteiger partial charge on any atom is 0.260 e. The van der Waals surface area contributed by atoms with Crippen LogP contribution in [0.5, 0.6) is 5.75 Å². The van der Waals surface area contributed by atoms with Gasteiger partial charge in [-0.05, 0) is 104 Å². The molecular formula is C39H29Cl3FN3O5. The lowest BCUT2D eigenvalue weighted by atomic mass is 9.49. The highest BCUT2D eigenvalue weighted by atomic mass is 35.5. The molecule has 8 nitrogen and oxygen atoms in total. The number of halogens is 4. The molecule has 12 heteroatoms. The summed E-state index contributed by atoms with van der Waals surface area (Å²) in [4.78, 5) is 59.5. The molecule has 1 saturated carbocycles. The van der Waals surface area contributed by atoms with Crippen molar-refractivity contribution >= 4 is 69.8 Å². The predicted molar refractivity (Wildman–Crippen MR) is 191 cm³/mol. The quantitative estimate of drug-likeness (QED) is 0.159. The first-order valence-corrected chi connectivity index (χ1v) is 17.5. The van der Waals surface area contributed by atoms with Gasteiger partial charge in [0.25, 0.3) is 11.8 Å². The zero-order chi connectivity index (χ0) is 35.9. The van der Waals surface area contributed by atoms with E-state index in [4.69, 9.17) is 34.8 Å². The molecule has 2 aliphatic carbocycles. The average molecular weight is 745 g/mol. The van der Waals surface area contributed by atoms with Crippen LogP contribution in [0.1, 0.15) is 35.4 Å². The van der Waals surface area contributed by atoms with E-state index in [-0.39, 0.29) is 29.5 Å². The van der Waals surface area contributed by atoms with Gasteiger partial charge in [-0.15, -0.1) is 0 Å². The average Bonchev–Trinajstić information content (AvgIpc) is 3.49. The summed E-state index contributed by atoms with van der Waals surface area (Å²) < 4.78 is 13.8. The first kappa shape index (κ1) is 33.4. The summed E-state index contributed by atoms with van der Waals surface area (Å²) in [6, 6.07) is 21.4. The molecule has 4 aromatic rings. The number of anilines is 2. The maximum atomic E-state index is 15.2. The molecular weight excluding hydrogens is 716 g/mol. The van der Waals surface area contributed by atoms with Gasteiger partial charge in [-0.25, -0.2) is 9.29 Å². The van der Waals surface area contributed by atoms with Crippen LogP contribution >= 0.6 is 34.8 Å². The van der Waals surface area contributed by atoms with Crippen molar-refractivity contribution in [3.05, 3.63) is 134 Å². The number of phenols is 1. The third kappa shape index (κ3) is 5.00. The van der Waals surface area contributed by atoms with Crippen LogP contribution in [0.3, 0.4) is 0 Å². The summed E-state index contributed by atoms with van der Waals surface area (Å²) in [7, 11) is 0. The first-order valence-electron chi connectivity index (χ1n) is 16.4. The van der Waals surface area contributed by atoms with Gasteiger partial charge < -0.3 is 5.11 Å². The first-order chi connectivity index (χ1) is 24.4. The van der Waals surface area contributed by atoms with E-state index in [9.17, 15) is 23.9 Å². The van der Waals surface area contributed by atoms with Gasteiger partial charge in [0.15, 0.2) is 0 Å². The zero-order valence-electron chi connectivity index (χ0n) is 26.9. The molecule has 2 N–H and O–H groups in total. The van der Waals surface area contributed by atoms with Gasteiger partial charge in [-0.2, -0.15) is 5.01 Å². The second kappa shape index (κ2) is 12.2. The van der Waals surface area contributed by atoms with Crippen LogP contribution in [0.15, 0.2) is 96.6 Å². The number of rotatable bonds is 5. The molecule has 4 aromatic carbocycles. The highest BCUT2D eigenvalue weighted by molar-refractivity contribution is 6.32. The number of nitrogens with one attached hydrogen (secondary N) is 1. The number of carbonyl (C=O) groups excluding carboxylic acids is 4. The van der Waals surface area contributed by atoms with Crippen LogP contribution < -0.4 is 10.3 Å². The Bertz CT molecular complexity index is 2190. The minimum Gasteiger partial charge on any atom is -0.508 e. The van der Waals surface area contributed by atoms with E-state index in [0.29, 0.717) is 38.1 Å². The summed E-state index contributed by atoms with van der Waals surface area (Å²) in [5.41, 5.74) is 4.10. The van der Waals surface area contributed by atoms with Gasteiger partial charge in [-0.1, -0.05) is 64.7 Å². The normalized spacial score (nSPS) is 26.9. The van der Waals surface area contributed by atoms with Crippen molar-refractivity contribution in [3.8, 4) is 5.75 Å². The van der Waals surface area contributed by atoms with E-state index in [1.54, 1.807) is 48.5 Å². The molecule has 0 spiro atoms. The standard InChI is InChI=1S/C39H29Cl3FN3O5/c1-19-2-12-25(17-31(19)42)45-35(48)27-14-13-26-28(33(27)37(45)50)18-30-36(49)46(44-24-10-8-23(43)9-11-24)38(51)39(30,20-3-5-21(40)6-4-20)34(26)29-16-22(41)7-15-32(29)47/h2-13,15-17,27-28,30,33-34,44,47H,14,18H2,1H3. The molecule has 2 saturated heterocycles. The van der Waals surface area contributed by atoms with Crippen molar-refractivity contribution < 1.29 is 28.7 Å². The minimum absolute atomic E-state index is 0.0428. The van der Waals surface area contributed by atoms with E-state index in [2.05, 4.69) is 5.43 Å². The van der Waals surface area contributed by atoms with E-state index in [0.717, 1.165) is 10.6 Å². The van der Waals surface area contributed by atoms with Gasteiger partial charge >= 0.3 is 0 Å². The number of hydrazine groups is 1. The predicted octanol–water partition coefficient (Wildman–Crippen LogP) is 7.99. The Labute approximate surface area is 307 Å². The lowest BCUT2D eigenvalue weighted by molar-refractivity contribution is -0.138. The van der Waals surface area contributed by atoms with E-state index < -0.39 is 58.5 Å². The number of hydrogen-bond acceptors (Lipinski definition) is 6. The number of aryl methyl sites for hydroxylation is 1. The van der Waals surface area contributed by atoms with Gasteiger partial charge in [0.2, 0.25) is 11.8 Å². The van der Waals surface area contributed by atoms with Crippen molar-refractivity contribution in [2.75, 3.05) is 10.3 Å². The third-order valence-electron chi connectivity index (χ3n) is 11.0. The minimum atomic E-state index is -1.65. The molecule has 4 aliphatic rings. The summed E-state index contributed by atoms with van der Waals surface area (Å²) in [5, 5.41) is 13.5. The lowest BCUT2D eigenvalue weighted by Crippen LogP contribution is -2.53. The monoisotopic (exact) mass is 743 g/mol. The van der Waals surface area contributed by atoms with Crippen LogP contribution in [0.25, 0.3) is 0 Å². The van der Waals surface area contributed by atoms with Crippen LogP contribution in [-0.4, -0.2) is 33.7 Å². The number of imide groups is 2. The van der Waals surface area contributed by atoms with Crippen LogP contribution in [0.4, 0.5) is 15.8 Å². The molecule has 6 atom stereocenters. The number of nitrogens with zero attached hydrogens (tertiary/aromatic N) is 2. The molecule has 6 unspecified atom stereocenters. The number of phenolic OH excluding ortho intramolecular Hbond substituents is 1. The summed E-state index contributed by atoms with van der Waals surface area (Å²) in [5.74, 6) is -6.94. The number of carbonyl (C=O) groups is 4. The second-order valence-corrected chi connectivity index (χ2v) is 14.8. The zero-order valence-corrected chi connectivity index (χ0v) is 29.2. The fourth-order valence-electron chi connectivity index (χ4n) is 8.73. The highest BCUT2D eigenvalue weighted by Crippen LogP contribution is 2.65. The molecule has 8 rings (SSSR count). The van der Waals surface area contributed by atoms with Crippen molar-refractivity contribution in [1.29, 1.82) is 0 Å². The number of hydrogen-bond donors (Lipinski definition) is 2. The smallest absolute Gasteiger partial charge is 0.260 e. The number of aromatic hydroxyl groups is 1. The summed E-state index contributed by atoms with van der Waals surface area (Å²) >= 11 is 19.3. The highest BCUT2D eigenvalue weighted by Gasteiger charge is 2.70. The van der Waals surface area contributed by atoms with Crippen LogP contribution in [0.2, 0.25) is 15.1 Å². The third-order valence-corrected chi connectivity index (χ3v) is 11.9. The van der Waals surface area contributed by atoms with Gasteiger partial charge in [-0.3, -0.25) is 24.6 Å². The Kier molecular flexibility index (Phi) is 8.01. The van der Waals surface area contributed by atoms with Crippen molar-refractivity contribution in [2.24, 2.45) is 23.7 Å². The molecule has 51 heavy (non-hydrogen) atoms. The molecule has 2 heterocycles. The second-order valence-electron chi connectivity index (χ2n) is 13.5. The number of allylic oxidation sites excluding steroid dienone is 2. The molecule has 0 radical (unpaired) electrons. The Balaban J connectivity index is 1.33. The van der Waals surface area contributed by atoms with Crippen molar-refractivity contribution in [3.63, 3.8) is 0 Å². The van der Waals surface area contributed by atoms with Gasteiger partial charge in [0.05, 0.1) is 34.5 Å². The van der Waals surface area contributed by atoms with E-state index in [1.165, 1.54) is 41.3 Å². The molecule has 2 aliphatic heterocycles. The van der Waals surface area contributed by atoms with Gasteiger partial charge in [0.1, 0.15) is 11.6 Å². The van der Waals surface area contributed by atoms with E-state index >= 15 is 4.79 Å². The maximum absolute atomic E-state index is 15.2. The summed E-state index contributed by atoms with van der Waals surface area (Å²) in [6.45, 7) is 1.82. The largest absolute Gasteiger partial charge is 0.508 e. The molecule has 3 fully saturated rings. The van der Waals surface area contributed by atoms with Crippen molar-refractivity contribution in [2.45, 2.75) is 31.1 Å². The number of benzene rings is 4. The summed E-state index contributed by atoms with van der Waals surface area (Å²) in [6.07, 6.45) is 2.12. The lowest BCUT2D eigenvalue weighted by Gasteiger charge is -2.50. The number of amides is 4. The molecule has 4 amide bonds. The molecule has 0 aromatic heterocycles.